The molecule has 0 radical (unpaired) electrons. The Morgan fingerprint density at radius 3 is 2.66 bits per heavy atom. The molecule has 148 valence electrons. The van der Waals surface area contributed by atoms with Crippen molar-refractivity contribution in [1.82, 2.24) is 19.8 Å². The molecule has 1 N–H and O–H groups in total. The molecule has 2 aromatic carbocycles. The SMILES string of the molecule is CCc1nnc2sc(-c3cccc(NC(=O)c4cc(Cl)c(OC)c(Cl)c4)c3)nn12. The van der Waals surface area contributed by atoms with Gasteiger partial charge in [-0.2, -0.15) is 9.61 Å². The summed E-state index contributed by atoms with van der Waals surface area (Å²) in [5.41, 5.74) is 1.82. The number of halogens is 2. The molecule has 2 aromatic heterocycles. The van der Waals surface area contributed by atoms with Gasteiger partial charge in [0.15, 0.2) is 11.6 Å². The highest BCUT2D eigenvalue weighted by molar-refractivity contribution is 7.19. The Kier molecular flexibility index (Phi) is 5.40. The van der Waals surface area contributed by atoms with Crippen molar-refractivity contribution in [3.8, 4) is 16.3 Å². The molecule has 0 aliphatic carbocycles. The van der Waals surface area contributed by atoms with Gasteiger partial charge in [0.2, 0.25) is 4.96 Å². The molecule has 0 aliphatic rings. The molecule has 0 saturated heterocycles. The summed E-state index contributed by atoms with van der Waals surface area (Å²) in [5.74, 6) is 0.807. The molecular weight excluding hydrogens is 433 g/mol. The molecule has 1 amide bonds. The lowest BCUT2D eigenvalue weighted by Crippen LogP contribution is -2.12. The van der Waals surface area contributed by atoms with Gasteiger partial charge in [0, 0.05) is 23.2 Å². The predicted molar refractivity (Wildman–Crippen MR) is 114 cm³/mol. The molecule has 0 aliphatic heterocycles. The number of hydrogen-bond donors (Lipinski definition) is 1. The van der Waals surface area contributed by atoms with Crippen LogP contribution in [0.4, 0.5) is 5.69 Å². The van der Waals surface area contributed by atoms with Crippen molar-refractivity contribution >= 4 is 51.1 Å². The molecule has 0 saturated carbocycles. The molecule has 0 atom stereocenters. The number of carbonyl (C=O) groups excluding carboxylic acids is 1. The second-order valence-corrected chi connectivity index (χ2v) is 7.85. The van der Waals surface area contributed by atoms with Gasteiger partial charge in [-0.3, -0.25) is 4.79 Å². The number of hydrogen-bond acceptors (Lipinski definition) is 6. The molecule has 4 rings (SSSR count). The Morgan fingerprint density at radius 1 is 1.21 bits per heavy atom. The maximum Gasteiger partial charge on any atom is 0.255 e. The Labute approximate surface area is 180 Å². The van der Waals surface area contributed by atoms with Crippen molar-refractivity contribution in [2.75, 3.05) is 12.4 Å². The van der Waals surface area contributed by atoms with Gasteiger partial charge in [0.1, 0.15) is 5.01 Å². The fourth-order valence-electron chi connectivity index (χ4n) is 2.81. The molecule has 29 heavy (non-hydrogen) atoms. The number of aryl methyl sites for hydroxylation is 1. The molecule has 2 heterocycles. The highest BCUT2D eigenvalue weighted by Gasteiger charge is 2.15. The van der Waals surface area contributed by atoms with Crippen molar-refractivity contribution < 1.29 is 9.53 Å². The minimum Gasteiger partial charge on any atom is -0.494 e. The molecule has 0 bridgehead atoms. The zero-order valence-electron chi connectivity index (χ0n) is 15.4. The lowest BCUT2D eigenvalue weighted by atomic mass is 10.1. The number of methoxy groups -OCH3 is 1. The van der Waals surface area contributed by atoms with Crippen LogP contribution in [0, 0.1) is 0 Å². The number of carbonyl (C=O) groups is 1. The van der Waals surface area contributed by atoms with E-state index in [1.165, 1.54) is 30.6 Å². The summed E-state index contributed by atoms with van der Waals surface area (Å²) in [4.78, 5) is 13.4. The first-order chi connectivity index (χ1) is 14.0. The maximum absolute atomic E-state index is 12.6. The first kappa shape index (κ1) is 19.6. The van der Waals surface area contributed by atoms with E-state index in [-0.39, 0.29) is 16.0 Å². The topological polar surface area (TPSA) is 81.4 Å². The zero-order chi connectivity index (χ0) is 20.5. The van der Waals surface area contributed by atoms with Gasteiger partial charge in [0.05, 0.1) is 17.2 Å². The van der Waals surface area contributed by atoms with Gasteiger partial charge < -0.3 is 10.1 Å². The van der Waals surface area contributed by atoms with Crippen molar-refractivity contribution in [3.63, 3.8) is 0 Å². The molecule has 7 nitrogen and oxygen atoms in total. The molecule has 0 spiro atoms. The summed E-state index contributed by atoms with van der Waals surface area (Å²) < 4.78 is 6.86. The zero-order valence-corrected chi connectivity index (χ0v) is 17.8. The lowest BCUT2D eigenvalue weighted by molar-refractivity contribution is 0.102. The standard InChI is InChI=1S/C19H15Cl2N5O2S/c1-3-15-23-24-19-26(15)25-18(29-19)10-5-4-6-12(7-10)22-17(27)11-8-13(20)16(28-2)14(21)9-11/h4-9H,3H2,1-2H3,(H,22,27). The Hall–Kier alpha value is -2.68. The third kappa shape index (κ3) is 3.78. The summed E-state index contributed by atoms with van der Waals surface area (Å²) >= 11 is 13.7. The lowest BCUT2D eigenvalue weighted by Gasteiger charge is -2.10. The van der Waals surface area contributed by atoms with Crippen molar-refractivity contribution in [2.45, 2.75) is 13.3 Å². The van der Waals surface area contributed by atoms with Crippen LogP contribution in [0.25, 0.3) is 15.5 Å². The molecular formula is C19H15Cl2N5O2S. The van der Waals surface area contributed by atoms with E-state index in [0.29, 0.717) is 17.0 Å². The number of rotatable bonds is 5. The molecule has 0 unspecified atom stereocenters. The van der Waals surface area contributed by atoms with Gasteiger partial charge in [-0.15, -0.1) is 10.2 Å². The van der Waals surface area contributed by atoms with E-state index >= 15 is 0 Å². The molecule has 10 heteroatoms. The second-order valence-electron chi connectivity index (χ2n) is 6.08. The van der Waals surface area contributed by atoms with Gasteiger partial charge in [-0.05, 0) is 24.3 Å². The van der Waals surface area contributed by atoms with E-state index < -0.39 is 0 Å². The number of aromatic nitrogens is 4. The summed E-state index contributed by atoms with van der Waals surface area (Å²) in [5, 5.41) is 17.0. The second kappa shape index (κ2) is 7.98. The number of benzene rings is 2. The highest BCUT2D eigenvalue weighted by Crippen LogP contribution is 2.34. The smallest absolute Gasteiger partial charge is 0.255 e. The quantitative estimate of drug-likeness (QED) is 0.466. The fraction of sp³-hybridized carbons (Fsp3) is 0.158. The van der Waals surface area contributed by atoms with Crippen molar-refractivity contribution in [2.24, 2.45) is 0 Å². The van der Waals surface area contributed by atoms with Gasteiger partial charge >= 0.3 is 0 Å². The first-order valence-corrected chi connectivity index (χ1v) is 10.2. The summed E-state index contributed by atoms with van der Waals surface area (Å²) in [7, 11) is 1.47. The number of nitrogens with one attached hydrogen (secondary N) is 1. The molecule has 0 fully saturated rings. The van der Waals surface area contributed by atoms with Crippen LogP contribution >= 0.6 is 34.5 Å². The van der Waals surface area contributed by atoms with E-state index in [0.717, 1.165) is 27.8 Å². The number of anilines is 1. The van der Waals surface area contributed by atoms with E-state index in [1.807, 2.05) is 25.1 Å². The van der Waals surface area contributed by atoms with Gasteiger partial charge in [-0.1, -0.05) is 53.6 Å². The fourth-order valence-corrected chi connectivity index (χ4v) is 4.31. The van der Waals surface area contributed by atoms with E-state index in [9.17, 15) is 4.79 Å². The first-order valence-electron chi connectivity index (χ1n) is 8.66. The third-order valence-corrected chi connectivity index (χ3v) is 5.71. The Balaban J connectivity index is 1.60. The van der Waals surface area contributed by atoms with Crippen LogP contribution in [0.3, 0.4) is 0 Å². The van der Waals surface area contributed by atoms with Crippen LogP contribution in [0.15, 0.2) is 36.4 Å². The van der Waals surface area contributed by atoms with Crippen LogP contribution < -0.4 is 10.1 Å². The van der Waals surface area contributed by atoms with E-state index in [1.54, 1.807) is 10.6 Å². The minimum atomic E-state index is -0.333. The average Bonchev–Trinajstić information content (AvgIpc) is 3.28. The number of fused-ring (bicyclic) bond motifs is 1. The van der Waals surface area contributed by atoms with Gasteiger partial charge in [-0.25, -0.2) is 0 Å². The third-order valence-electron chi connectivity index (χ3n) is 4.20. The van der Waals surface area contributed by atoms with Crippen LogP contribution in [0.1, 0.15) is 23.1 Å². The van der Waals surface area contributed by atoms with Crippen LogP contribution in [-0.2, 0) is 6.42 Å². The van der Waals surface area contributed by atoms with E-state index in [2.05, 4.69) is 20.6 Å². The van der Waals surface area contributed by atoms with Crippen molar-refractivity contribution in [1.29, 1.82) is 0 Å². The predicted octanol–water partition coefficient (Wildman–Crippen LogP) is 4.98. The van der Waals surface area contributed by atoms with Crippen LogP contribution in [-0.4, -0.2) is 32.8 Å². The van der Waals surface area contributed by atoms with Crippen LogP contribution in [0.2, 0.25) is 10.0 Å². The highest BCUT2D eigenvalue weighted by atomic mass is 35.5. The largest absolute Gasteiger partial charge is 0.494 e. The minimum absolute atomic E-state index is 0.269. The maximum atomic E-state index is 12.6. The van der Waals surface area contributed by atoms with Crippen molar-refractivity contribution in [3.05, 3.63) is 57.8 Å². The number of amides is 1. The Bertz CT molecular complexity index is 1200. The summed E-state index contributed by atoms with van der Waals surface area (Å²) in [6.07, 6.45) is 0.743. The Morgan fingerprint density at radius 2 is 1.97 bits per heavy atom. The average molecular weight is 448 g/mol. The van der Waals surface area contributed by atoms with E-state index in [4.69, 9.17) is 27.9 Å². The van der Waals surface area contributed by atoms with Crippen LogP contribution in [0.5, 0.6) is 5.75 Å². The monoisotopic (exact) mass is 447 g/mol. The summed E-state index contributed by atoms with van der Waals surface area (Å²) in [6, 6.07) is 10.4. The summed E-state index contributed by atoms with van der Waals surface area (Å²) in [6.45, 7) is 2.00. The molecule has 4 aromatic rings. The van der Waals surface area contributed by atoms with Gasteiger partial charge in [0.25, 0.3) is 5.91 Å². The number of nitrogens with zero attached hydrogens (tertiary/aromatic N) is 4. The normalized spacial score (nSPS) is 11.0. The number of ether oxygens (including phenoxy) is 1.